The number of hydrogen-bond acceptors (Lipinski definition) is 4. The molecule has 0 aliphatic heterocycles. The van der Waals surface area contributed by atoms with Crippen molar-refractivity contribution in [3.8, 4) is 0 Å². The van der Waals surface area contributed by atoms with Gasteiger partial charge < -0.3 is 4.90 Å². The average Bonchev–Trinajstić information content (AvgIpc) is 2.80. The number of thiophene rings is 1. The van der Waals surface area contributed by atoms with E-state index in [9.17, 15) is 0 Å². The van der Waals surface area contributed by atoms with Crippen LogP contribution in [0.3, 0.4) is 0 Å². The Morgan fingerprint density at radius 1 is 1.47 bits per heavy atom. The van der Waals surface area contributed by atoms with Crippen LogP contribution in [0.4, 0.5) is 5.82 Å². The highest BCUT2D eigenvalue weighted by Crippen LogP contribution is 2.19. The lowest BCUT2D eigenvalue weighted by atomic mass is 10.2. The highest BCUT2D eigenvalue weighted by molar-refractivity contribution is 9.10. The van der Waals surface area contributed by atoms with Crippen LogP contribution in [-0.4, -0.2) is 23.1 Å². The van der Waals surface area contributed by atoms with Crippen molar-refractivity contribution in [3.63, 3.8) is 0 Å². The molecular formula is C12H14BrN3S. The molecule has 0 radical (unpaired) electrons. The van der Waals surface area contributed by atoms with Gasteiger partial charge in [0, 0.05) is 30.5 Å². The van der Waals surface area contributed by atoms with Crippen LogP contribution in [0.2, 0.25) is 0 Å². The summed E-state index contributed by atoms with van der Waals surface area (Å²) in [5.41, 5.74) is 0. The number of halogens is 1. The second-order valence-electron chi connectivity index (χ2n) is 3.94. The van der Waals surface area contributed by atoms with Crippen LogP contribution in [0.1, 0.15) is 11.8 Å². The molecule has 0 saturated carbocycles. The van der Waals surface area contributed by atoms with E-state index >= 15 is 0 Å². The first-order valence-corrected chi connectivity index (χ1v) is 7.07. The molecule has 17 heavy (non-hydrogen) atoms. The van der Waals surface area contributed by atoms with Crippen LogP contribution in [0.5, 0.6) is 0 Å². The summed E-state index contributed by atoms with van der Waals surface area (Å²) in [6.07, 6.45) is 2.61. The van der Waals surface area contributed by atoms with Gasteiger partial charge in [-0.15, -0.1) is 11.3 Å². The Bertz CT molecular complexity index is 472. The minimum Gasteiger partial charge on any atom is -0.356 e. The normalized spacial score (nSPS) is 12.4. The summed E-state index contributed by atoms with van der Waals surface area (Å²) >= 11 is 5.16. The molecule has 90 valence electrons. The van der Waals surface area contributed by atoms with Crippen LogP contribution >= 0.6 is 27.3 Å². The van der Waals surface area contributed by atoms with E-state index in [0.717, 1.165) is 16.8 Å². The Labute approximate surface area is 114 Å². The largest absolute Gasteiger partial charge is 0.356 e. The van der Waals surface area contributed by atoms with Crippen molar-refractivity contribution in [1.29, 1.82) is 0 Å². The summed E-state index contributed by atoms with van der Waals surface area (Å²) < 4.78 is 0.817. The van der Waals surface area contributed by atoms with Crippen molar-refractivity contribution in [1.82, 2.24) is 9.97 Å². The van der Waals surface area contributed by atoms with Crippen LogP contribution in [-0.2, 0) is 6.42 Å². The van der Waals surface area contributed by atoms with E-state index in [1.165, 1.54) is 4.88 Å². The highest BCUT2D eigenvalue weighted by atomic mass is 79.9. The zero-order valence-electron chi connectivity index (χ0n) is 9.80. The van der Waals surface area contributed by atoms with E-state index in [0.29, 0.717) is 6.04 Å². The first-order valence-electron chi connectivity index (χ1n) is 5.39. The average molecular weight is 312 g/mol. The summed E-state index contributed by atoms with van der Waals surface area (Å²) in [5.74, 6) is 0.941. The van der Waals surface area contributed by atoms with Crippen LogP contribution in [0, 0.1) is 0 Å². The van der Waals surface area contributed by atoms with Gasteiger partial charge in [-0.3, -0.25) is 0 Å². The highest BCUT2D eigenvalue weighted by Gasteiger charge is 2.12. The molecule has 0 aliphatic rings. The second-order valence-corrected chi connectivity index (χ2v) is 5.79. The molecule has 0 saturated heterocycles. The van der Waals surface area contributed by atoms with E-state index in [2.05, 4.69) is 62.3 Å². The molecule has 3 nitrogen and oxygen atoms in total. The van der Waals surface area contributed by atoms with E-state index in [1.54, 1.807) is 17.7 Å². The lowest BCUT2D eigenvalue weighted by molar-refractivity contribution is 0.679. The van der Waals surface area contributed by atoms with Gasteiger partial charge in [-0.2, -0.15) is 0 Å². The summed E-state index contributed by atoms with van der Waals surface area (Å²) in [4.78, 5) is 11.9. The number of likely N-dealkylation sites (N-methyl/N-ethyl adjacent to an activating group) is 1. The van der Waals surface area contributed by atoms with Crippen molar-refractivity contribution in [2.24, 2.45) is 0 Å². The molecule has 2 aromatic heterocycles. The standard InChI is InChI=1S/C12H14BrN3S/c1-9(6-10-4-3-5-17-10)16(2)12-7-11(13)14-8-15-12/h3-5,7-9H,6H2,1-2H3. The Morgan fingerprint density at radius 2 is 2.29 bits per heavy atom. The van der Waals surface area contributed by atoms with Gasteiger partial charge >= 0.3 is 0 Å². The van der Waals surface area contributed by atoms with Crippen molar-refractivity contribution in [2.45, 2.75) is 19.4 Å². The number of hydrogen-bond donors (Lipinski definition) is 0. The molecule has 0 spiro atoms. The monoisotopic (exact) mass is 311 g/mol. The zero-order chi connectivity index (χ0) is 12.3. The van der Waals surface area contributed by atoms with Crippen molar-refractivity contribution in [2.75, 3.05) is 11.9 Å². The van der Waals surface area contributed by atoms with Gasteiger partial charge in [0.2, 0.25) is 0 Å². The topological polar surface area (TPSA) is 29.0 Å². The summed E-state index contributed by atoms with van der Waals surface area (Å²) in [6, 6.07) is 6.61. The fourth-order valence-corrected chi connectivity index (χ4v) is 2.72. The number of rotatable bonds is 4. The third-order valence-corrected chi connectivity index (χ3v) is 4.05. The third-order valence-electron chi connectivity index (χ3n) is 2.72. The fraction of sp³-hybridized carbons (Fsp3) is 0.333. The molecule has 1 atom stereocenters. The Morgan fingerprint density at radius 3 is 2.94 bits per heavy atom. The maximum atomic E-state index is 4.28. The van der Waals surface area contributed by atoms with Gasteiger partial charge in [0.25, 0.3) is 0 Å². The molecule has 2 aromatic rings. The van der Waals surface area contributed by atoms with Crippen LogP contribution < -0.4 is 4.90 Å². The summed E-state index contributed by atoms with van der Waals surface area (Å²) in [5, 5.41) is 2.11. The Hall–Kier alpha value is -0.940. The molecule has 0 fully saturated rings. The fourth-order valence-electron chi connectivity index (χ4n) is 1.60. The van der Waals surface area contributed by atoms with E-state index < -0.39 is 0 Å². The molecule has 0 aromatic carbocycles. The predicted molar refractivity (Wildman–Crippen MR) is 75.6 cm³/mol. The minimum atomic E-state index is 0.412. The molecule has 0 aliphatic carbocycles. The first kappa shape index (κ1) is 12.5. The molecular weight excluding hydrogens is 298 g/mol. The third kappa shape index (κ3) is 3.26. The predicted octanol–water partition coefficient (Wildman–Crippen LogP) is 3.37. The van der Waals surface area contributed by atoms with Gasteiger partial charge in [0.1, 0.15) is 16.7 Å². The Balaban J connectivity index is 2.06. The lowest BCUT2D eigenvalue weighted by Gasteiger charge is -2.25. The number of anilines is 1. The van der Waals surface area contributed by atoms with Crippen molar-refractivity contribution in [3.05, 3.63) is 39.4 Å². The van der Waals surface area contributed by atoms with Gasteiger partial charge in [-0.05, 0) is 34.3 Å². The molecule has 0 amide bonds. The van der Waals surface area contributed by atoms with Gasteiger partial charge in [-0.1, -0.05) is 6.07 Å². The summed E-state index contributed by atoms with van der Waals surface area (Å²) in [7, 11) is 2.06. The molecule has 2 heterocycles. The second kappa shape index (κ2) is 5.60. The Kier molecular flexibility index (Phi) is 4.12. The lowest BCUT2D eigenvalue weighted by Crippen LogP contribution is -2.31. The smallest absolute Gasteiger partial charge is 0.133 e. The quantitative estimate of drug-likeness (QED) is 0.811. The van der Waals surface area contributed by atoms with Crippen molar-refractivity contribution >= 4 is 33.1 Å². The molecule has 0 bridgehead atoms. The van der Waals surface area contributed by atoms with Crippen LogP contribution in [0.15, 0.2) is 34.5 Å². The number of nitrogens with zero attached hydrogens (tertiary/aromatic N) is 3. The maximum Gasteiger partial charge on any atom is 0.133 e. The van der Waals surface area contributed by atoms with Gasteiger partial charge in [0.15, 0.2) is 0 Å². The van der Waals surface area contributed by atoms with Crippen molar-refractivity contribution < 1.29 is 0 Å². The minimum absolute atomic E-state index is 0.412. The van der Waals surface area contributed by atoms with Gasteiger partial charge in [0.05, 0.1) is 0 Å². The first-order chi connectivity index (χ1) is 8.16. The zero-order valence-corrected chi connectivity index (χ0v) is 12.2. The molecule has 5 heteroatoms. The van der Waals surface area contributed by atoms with E-state index in [1.807, 2.05) is 6.07 Å². The van der Waals surface area contributed by atoms with E-state index in [-0.39, 0.29) is 0 Å². The number of aromatic nitrogens is 2. The van der Waals surface area contributed by atoms with E-state index in [4.69, 9.17) is 0 Å². The molecule has 2 rings (SSSR count). The SMILES string of the molecule is CC(Cc1cccs1)N(C)c1cc(Br)ncn1. The summed E-state index contributed by atoms with van der Waals surface area (Å²) in [6.45, 7) is 2.20. The molecule has 0 N–H and O–H groups in total. The van der Waals surface area contributed by atoms with Crippen LogP contribution in [0.25, 0.3) is 0 Å². The molecule has 1 unspecified atom stereocenters. The van der Waals surface area contributed by atoms with Gasteiger partial charge in [-0.25, -0.2) is 9.97 Å². The maximum absolute atomic E-state index is 4.28.